The quantitative estimate of drug-likeness (QED) is 0.719. The van der Waals surface area contributed by atoms with Crippen LogP contribution in [0.5, 0.6) is 5.75 Å². The fourth-order valence-corrected chi connectivity index (χ4v) is 1.47. The summed E-state index contributed by atoms with van der Waals surface area (Å²) in [4.78, 5) is 11.3. The molecule has 6 heteroatoms. The number of amides is 2. The highest BCUT2D eigenvalue weighted by Crippen LogP contribution is 2.14. The van der Waals surface area contributed by atoms with Gasteiger partial charge in [0.1, 0.15) is 12.4 Å². The first-order valence-corrected chi connectivity index (χ1v) is 6.49. The van der Waals surface area contributed by atoms with Crippen LogP contribution in [0.2, 0.25) is 5.02 Å². The Labute approximate surface area is 118 Å². The summed E-state index contributed by atoms with van der Waals surface area (Å²) in [5.41, 5.74) is 0. The van der Waals surface area contributed by atoms with E-state index in [-0.39, 0.29) is 6.03 Å². The maximum absolute atomic E-state index is 11.3. The summed E-state index contributed by atoms with van der Waals surface area (Å²) >= 11 is 5.76. The summed E-state index contributed by atoms with van der Waals surface area (Å²) in [5, 5.41) is 6.09. The minimum absolute atomic E-state index is 0.198. The van der Waals surface area contributed by atoms with Gasteiger partial charge in [0.15, 0.2) is 0 Å². The average molecular weight is 287 g/mol. The van der Waals surface area contributed by atoms with Crippen molar-refractivity contribution in [3.63, 3.8) is 0 Å². The van der Waals surface area contributed by atoms with Gasteiger partial charge in [0.05, 0.1) is 6.54 Å². The normalized spacial score (nSPS) is 10.0. The summed E-state index contributed by atoms with van der Waals surface area (Å²) in [6, 6.07) is 6.88. The van der Waals surface area contributed by atoms with Crippen molar-refractivity contribution in [1.29, 1.82) is 0 Å². The Balaban J connectivity index is 2.03. The number of hydrogen-bond acceptors (Lipinski definition) is 3. The largest absolute Gasteiger partial charge is 0.492 e. The lowest BCUT2D eigenvalue weighted by Crippen LogP contribution is -2.38. The molecule has 0 spiro atoms. The van der Waals surface area contributed by atoms with E-state index in [0.29, 0.717) is 31.3 Å². The summed E-state index contributed by atoms with van der Waals surface area (Å²) < 4.78 is 10.3. The highest BCUT2D eigenvalue weighted by Gasteiger charge is 1.99. The van der Waals surface area contributed by atoms with E-state index >= 15 is 0 Å². The van der Waals surface area contributed by atoms with Gasteiger partial charge in [-0.05, 0) is 30.7 Å². The van der Waals surface area contributed by atoms with Gasteiger partial charge in [0.25, 0.3) is 0 Å². The second-order valence-electron chi connectivity index (χ2n) is 3.83. The van der Waals surface area contributed by atoms with Crippen molar-refractivity contribution in [1.82, 2.24) is 10.6 Å². The molecule has 5 nitrogen and oxygen atoms in total. The molecule has 19 heavy (non-hydrogen) atoms. The molecule has 0 bridgehead atoms. The summed E-state index contributed by atoms with van der Waals surface area (Å²) in [6.45, 7) is 2.09. The molecule has 0 saturated heterocycles. The molecule has 0 aliphatic heterocycles. The number of carbonyl (C=O) groups is 1. The maximum atomic E-state index is 11.3. The molecule has 2 N–H and O–H groups in total. The lowest BCUT2D eigenvalue weighted by molar-refractivity contribution is 0.193. The highest BCUT2D eigenvalue weighted by atomic mass is 35.5. The van der Waals surface area contributed by atoms with Gasteiger partial charge in [0, 0.05) is 25.3 Å². The van der Waals surface area contributed by atoms with Crippen LogP contribution >= 0.6 is 11.6 Å². The molecule has 1 aromatic carbocycles. The van der Waals surface area contributed by atoms with Crippen LogP contribution in [0.15, 0.2) is 24.3 Å². The van der Waals surface area contributed by atoms with E-state index in [1.54, 1.807) is 31.4 Å². The van der Waals surface area contributed by atoms with Gasteiger partial charge in [-0.1, -0.05) is 11.6 Å². The van der Waals surface area contributed by atoms with Crippen LogP contribution in [0.25, 0.3) is 0 Å². The Hall–Kier alpha value is -1.46. The van der Waals surface area contributed by atoms with Gasteiger partial charge in [0.2, 0.25) is 0 Å². The summed E-state index contributed by atoms with van der Waals surface area (Å²) in [5.74, 6) is 0.728. The van der Waals surface area contributed by atoms with Crippen LogP contribution in [0, 0.1) is 0 Å². The van der Waals surface area contributed by atoms with E-state index in [9.17, 15) is 4.79 Å². The van der Waals surface area contributed by atoms with Gasteiger partial charge in [-0.15, -0.1) is 0 Å². The Kier molecular flexibility index (Phi) is 7.77. The molecular formula is C13H19ClN2O3. The minimum atomic E-state index is -0.198. The molecule has 0 atom stereocenters. The molecule has 2 amide bonds. The minimum Gasteiger partial charge on any atom is -0.492 e. The number of nitrogens with one attached hydrogen (secondary N) is 2. The molecule has 106 valence electrons. The van der Waals surface area contributed by atoms with Crippen LogP contribution in [-0.4, -0.2) is 39.4 Å². The fraction of sp³-hybridized carbons (Fsp3) is 0.462. The van der Waals surface area contributed by atoms with E-state index in [0.717, 1.165) is 12.2 Å². The molecule has 0 saturated carbocycles. The van der Waals surface area contributed by atoms with Crippen LogP contribution < -0.4 is 15.4 Å². The lowest BCUT2D eigenvalue weighted by atomic mass is 10.3. The first kappa shape index (κ1) is 15.6. The zero-order valence-corrected chi connectivity index (χ0v) is 11.7. The third kappa shape index (κ3) is 7.54. The molecule has 0 radical (unpaired) electrons. The van der Waals surface area contributed by atoms with Crippen molar-refractivity contribution >= 4 is 17.6 Å². The number of ether oxygens (including phenoxy) is 2. The predicted octanol–water partition coefficient (Wildman–Crippen LogP) is 2.05. The van der Waals surface area contributed by atoms with Crippen molar-refractivity contribution < 1.29 is 14.3 Å². The number of hydrogen-bond donors (Lipinski definition) is 2. The molecule has 0 aliphatic carbocycles. The van der Waals surface area contributed by atoms with Crippen LogP contribution in [0.3, 0.4) is 0 Å². The van der Waals surface area contributed by atoms with Crippen molar-refractivity contribution in [2.45, 2.75) is 6.42 Å². The maximum Gasteiger partial charge on any atom is 0.314 e. The van der Waals surface area contributed by atoms with Gasteiger partial charge in [-0.3, -0.25) is 0 Å². The second-order valence-corrected chi connectivity index (χ2v) is 4.27. The van der Waals surface area contributed by atoms with E-state index < -0.39 is 0 Å². The van der Waals surface area contributed by atoms with Gasteiger partial charge in [-0.25, -0.2) is 4.79 Å². The Morgan fingerprint density at radius 2 is 1.84 bits per heavy atom. The SMILES string of the molecule is COCCCNC(=O)NCCOc1ccc(Cl)cc1. The first-order valence-electron chi connectivity index (χ1n) is 6.11. The van der Waals surface area contributed by atoms with Crippen LogP contribution in [0.1, 0.15) is 6.42 Å². The molecule has 0 fully saturated rings. The average Bonchev–Trinajstić information content (AvgIpc) is 2.42. The number of rotatable bonds is 8. The van der Waals surface area contributed by atoms with Crippen LogP contribution in [0.4, 0.5) is 4.79 Å². The zero-order chi connectivity index (χ0) is 13.9. The summed E-state index contributed by atoms with van der Waals surface area (Å²) in [6.07, 6.45) is 0.797. The van der Waals surface area contributed by atoms with Gasteiger partial charge in [-0.2, -0.15) is 0 Å². The molecule has 1 rings (SSSR count). The third-order valence-corrected chi connectivity index (χ3v) is 2.53. The van der Waals surface area contributed by atoms with Gasteiger partial charge < -0.3 is 20.1 Å². The lowest BCUT2D eigenvalue weighted by Gasteiger charge is -2.09. The molecule has 1 aromatic rings. The van der Waals surface area contributed by atoms with E-state index in [2.05, 4.69) is 10.6 Å². The Bertz CT molecular complexity index is 371. The van der Waals surface area contributed by atoms with Crippen molar-refractivity contribution in [2.75, 3.05) is 33.4 Å². The topological polar surface area (TPSA) is 59.6 Å². The summed E-state index contributed by atoms with van der Waals surface area (Å²) in [7, 11) is 1.63. The van der Waals surface area contributed by atoms with Crippen molar-refractivity contribution in [3.8, 4) is 5.75 Å². The predicted molar refractivity (Wildman–Crippen MR) is 74.8 cm³/mol. The fourth-order valence-electron chi connectivity index (χ4n) is 1.35. The number of urea groups is 1. The van der Waals surface area contributed by atoms with Gasteiger partial charge >= 0.3 is 6.03 Å². The smallest absolute Gasteiger partial charge is 0.314 e. The number of halogens is 1. The van der Waals surface area contributed by atoms with E-state index in [1.165, 1.54) is 0 Å². The molecule has 0 aromatic heterocycles. The number of benzene rings is 1. The Morgan fingerprint density at radius 1 is 1.16 bits per heavy atom. The van der Waals surface area contributed by atoms with E-state index in [4.69, 9.17) is 21.1 Å². The van der Waals surface area contributed by atoms with E-state index in [1.807, 2.05) is 0 Å². The molecular weight excluding hydrogens is 268 g/mol. The second kappa shape index (κ2) is 9.47. The molecule has 0 unspecified atom stereocenters. The standard InChI is InChI=1S/C13H19ClN2O3/c1-18-9-2-7-15-13(17)16-8-10-19-12-5-3-11(14)4-6-12/h3-6H,2,7-10H2,1H3,(H2,15,16,17). The van der Waals surface area contributed by atoms with Crippen molar-refractivity contribution in [2.24, 2.45) is 0 Å². The third-order valence-electron chi connectivity index (χ3n) is 2.28. The zero-order valence-electron chi connectivity index (χ0n) is 10.9. The number of carbonyl (C=O) groups excluding carboxylic acids is 1. The number of methoxy groups -OCH3 is 1. The van der Waals surface area contributed by atoms with Crippen LogP contribution in [-0.2, 0) is 4.74 Å². The van der Waals surface area contributed by atoms with Crippen molar-refractivity contribution in [3.05, 3.63) is 29.3 Å². The monoisotopic (exact) mass is 286 g/mol. The highest BCUT2D eigenvalue weighted by molar-refractivity contribution is 6.30. The first-order chi connectivity index (χ1) is 9.22. The molecule has 0 aliphatic rings. The Morgan fingerprint density at radius 3 is 2.53 bits per heavy atom. The molecule has 0 heterocycles.